The van der Waals surface area contributed by atoms with Crippen LogP contribution in [0.5, 0.6) is 5.75 Å². The van der Waals surface area contributed by atoms with Crippen LogP contribution in [0.4, 0.5) is 5.88 Å². The Morgan fingerprint density at radius 2 is 1.65 bits per heavy atom. The summed E-state index contributed by atoms with van der Waals surface area (Å²) in [6.07, 6.45) is 4.70. The molecule has 5 rings (SSSR count). The van der Waals surface area contributed by atoms with Gasteiger partial charge in [-0.3, -0.25) is 0 Å². The number of para-hydroxylation sites is 1. The quantitative estimate of drug-likeness (QED) is 0.208. The van der Waals surface area contributed by atoms with Crippen molar-refractivity contribution in [3.8, 4) is 34.7 Å². The highest BCUT2D eigenvalue weighted by Gasteiger charge is 2.26. The summed E-state index contributed by atoms with van der Waals surface area (Å²) in [5, 5.41) is 9.91. The zero-order chi connectivity index (χ0) is 23.3. The molecule has 0 N–H and O–H groups in total. The number of benzene rings is 2. The molecule has 34 heavy (non-hydrogen) atoms. The summed E-state index contributed by atoms with van der Waals surface area (Å²) in [5.74, 6) is 2.16. The fourth-order valence-corrected chi connectivity index (χ4v) is 3.70. The van der Waals surface area contributed by atoms with Crippen LogP contribution in [0.25, 0.3) is 22.8 Å². The fraction of sp³-hybridized carbons (Fsp3) is 0.0370. The van der Waals surface area contributed by atoms with Crippen molar-refractivity contribution in [3.63, 3.8) is 0 Å². The fourth-order valence-electron chi connectivity index (χ4n) is 3.44. The van der Waals surface area contributed by atoms with Gasteiger partial charge in [0, 0.05) is 16.3 Å². The number of rotatable bonds is 7. The van der Waals surface area contributed by atoms with Gasteiger partial charge in [-0.05, 0) is 54.1 Å². The normalized spacial score (nSPS) is 11.1. The summed E-state index contributed by atoms with van der Waals surface area (Å²) in [6, 6.07) is 24.7. The second-order valence-electron chi connectivity index (χ2n) is 7.26. The van der Waals surface area contributed by atoms with Crippen LogP contribution in [-0.2, 0) is 6.61 Å². The van der Waals surface area contributed by atoms with E-state index in [1.165, 1.54) is 12.5 Å². The second kappa shape index (κ2) is 9.69. The van der Waals surface area contributed by atoms with Crippen molar-refractivity contribution in [2.24, 2.45) is 4.99 Å². The summed E-state index contributed by atoms with van der Waals surface area (Å²) in [6.45, 7) is 0.410. The maximum Gasteiger partial charge on any atom is 0.238 e. The molecule has 3 aromatic heterocycles. The number of nitriles is 1. The van der Waals surface area contributed by atoms with Gasteiger partial charge in [0.05, 0.1) is 18.1 Å². The average Bonchev–Trinajstić information content (AvgIpc) is 3.63. The Balaban J connectivity index is 1.48. The van der Waals surface area contributed by atoms with Crippen molar-refractivity contribution in [1.29, 1.82) is 5.26 Å². The standard InChI is InChI=1S/C27H17BrN2O4/c28-20-11-9-18(10-12-20)17-33-22-6-2-1-5-19(22)16-30-27-21(15-29)25(23-7-3-13-31-23)26(34-27)24-8-4-14-32-24/h1-14,16H,17H2. The highest BCUT2D eigenvalue weighted by atomic mass is 79.9. The van der Waals surface area contributed by atoms with Crippen molar-refractivity contribution in [2.45, 2.75) is 6.61 Å². The van der Waals surface area contributed by atoms with Crippen molar-refractivity contribution >= 4 is 28.0 Å². The van der Waals surface area contributed by atoms with Crippen LogP contribution < -0.4 is 4.74 Å². The van der Waals surface area contributed by atoms with E-state index < -0.39 is 0 Å². The zero-order valence-corrected chi connectivity index (χ0v) is 19.4. The maximum absolute atomic E-state index is 9.91. The highest BCUT2D eigenvalue weighted by molar-refractivity contribution is 9.10. The van der Waals surface area contributed by atoms with E-state index in [0.717, 1.165) is 15.6 Å². The summed E-state index contributed by atoms with van der Waals surface area (Å²) >= 11 is 3.44. The number of halogens is 1. The summed E-state index contributed by atoms with van der Waals surface area (Å²) in [4.78, 5) is 4.49. The summed E-state index contributed by atoms with van der Waals surface area (Å²) in [7, 11) is 0. The first-order valence-corrected chi connectivity index (χ1v) is 11.2. The minimum atomic E-state index is 0.156. The first-order valence-electron chi connectivity index (χ1n) is 10.4. The molecule has 2 aromatic carbocycles. The molecule has 7 heteroatoms. The molecular formula is C27H17BrN2O4. The molecule has 0 atom stereocenters. The Morgan fingerprint density at radius 1 is 0.912 bits per heavy atom. The van der Waals surface area contributed by atoms with Gasteiger partial charge >= 0.3 is 0 Å². The minimum absolute atomic E-state index is 0.156. The van der Waals surface area contributed by atoms with E-state index in [4.69, 9.17) is 18.0 Å². The van der Waals surface area contributed by atoms with Crippen LogP contribution in [0.3, 0.4) is 0 Å². The molecule has 5 aromatic rings. The lowest BCUT2D eigenvalue weighted by molar-refractivity contribution is 0.306. The van der Waals surface area contributed by atoms with Crippen molar-refractivity contribution in [1.82, 2.24) is 0 Å². The van der Waals surface area contributed by atoms with Crippen molar-refractivity contribution in [3.05, 3.63) is 106 Å². The van der Waals surface area contributed by atoms with E-state index in [0.29, 0.717) is 35.2 Å². The van der Waals surface area contributed by atoms with Gasteiger partial charge in [0.25, 0.3) is 0 Å². The van der Waals surface area contributed by atoms with Gasteiger partial charge in [-0.2, -0.15) is 5.26 Å². The molecule has 6 nitrogen and oxygen atoms in total. The van der Waals surface area contributed by atoms with Gasteiger partial charge in [-0.15, -0.1) is 0 Å². The lowest BCUT2D eigenvalue weighted by Crippen LogP contribution is -1.98. The third-order valence-corrected chi connectivity index (χ3v) is 5.59. The molecular weight excluding hydrogens is 496 g/mol. The predicted molar refractivity (Wildman–Crippen MR) is 131 cm³/mol. The van der Waals surface area contributed by atoms with Crippen LogP contribution in [0.15, 0.2) is 108 Å². The van der Waals surface area contributed by atoms with E-state index >= 15 is 0 Å². The Labute approximate surface area is 203 Å². The molecule has 0 radical (unpaired) electrons. The molecule has 0 fully saturated rings. The lowest BCUT2D eigenvalue weighted by atomic mass is 10.1. The third-order valence-electron chi connectivity index (χ3n) is 5.06. The number of furan rings is 3. The Hall–Kier alpha value is -4.28. The summed E-state index contributed by atoms with van der Waals surface area (Å²) in [5.41, 5.74) is 2.54. The number of aliphatic imine (C=N–C) groups is 1. The molecule has 0 bridgehead atoms. The molecule has 0 aliphatic carbocycles. The average molecular weight is 513 g/mol. The number of nitrogens with zero attached hydrogens (tertiary/aromatic N) is 2. The van der Waals surface area contributed by atoms with E-state index in [1.54, 1.807) is 30.5 Å². The first-order chi connectivity index (χ1) is 16.7. The topological polar surface area (TPSA) is 84.8 Å². The number of ether oxygens (including phenoxy) is 1. The Bertz CT molecular complexity index is 1460. The smallest absolute Gasteiger partial charge is 0.238 e. The Morgan fingerprint density at radius 3 is 2.35 bits per heavy atom. The number of hydrogen-bond acceptors (Lipinski definition) is 6. The summed E-state index contributed by atoms with van der Waals surface area (Å²) < 4.78 is 24.1. The largest absolute Gasteiger partial charge is 0.488 e. The molecule has 0 aliphatic rings. The molecule has 0 spiro atoms. The third kappa shape index (κ3) is 4.45. The van der Waals surface area contributed by atoms with E-state index in [-0.39, 0.29) is 11.4 Å². The SMILES string of the molecule is N#Cc1c(N=Cc2ccccc2OCc2ccc(Br)cc2)oc(-c2ccco2)c1-c1ccco1. The van der Waals surface area contributed by atoms with Gasteiger partial charge < -0.3 is 18.0 Å². The Kier molecular flexibility index (Phi) is 6.15. The van der Waals surface area contributed by atoms with Gasteiger partial charge in [0.2, 0.25) is 5.88 Å². The molecule has 0 amide bonds. The lowest BCUT2D eigenvalue weighted by Gasteiger charge is -2.09. The molecule has 0 aliphatic heterocycles. The van der Waals surface area contributed by atoms with Crippen LogP contribution in [-0.4, -0.2) is 6.21 Å². The van der Waals surface area contributed by atoms with Crippen molar-refractivity contribution in [2.75, 3.05) is 0 Å². The molecule has 166 valence electrons. The zero-order valence-electron chi connectivity index (χ0n) is 17.8. The van der Waals surface area contributed by atoms with Crippen LogP contribution in [0.1, 0.15) is 16.7 Å². The molecule has 3 heterocycles. The van der Waals surface area contributed by atoms with Crippen LogP contribution in [0.2, 0.25) is 0 Å². The van der Waals surface area contributed by atoms with Gasteiger partial charge in [0.15, 0.2) is 11.5 Å². The maximum atomic E-state index is 9.91. The molecule has 0 saturated carbocycles. The van der Waals surface area contributed by atoms with Gasteiger partial charge in [-0.1, -0.05) is 40.2 Å². The number of hydrogen-bond donors (Lipinski definition) is 0. The van der Waals surface area contributed by atoms with Crippen LogP contribution in [0, 0.1) is 11.3 Å². The highest BCUT2D eigenvalue weighted by Crippen LogP contribution is 2.42. The monoisotopic (exact) mass is 512 g/mol. The van der Waals surface area contributed by atoms with E-state index in [1.807, 2.05) is 48.5 Å². The van der Waals surface area contributed by atoms with Gasteiger partial charge in [0.1, 0.15) is 29.7 Å². The van der Waals surface area contributed by atoms with E-state index in [9.17, 15) is 5.26 Å². The van der Waals surface area contributed by atoms with Gasteiger partial charge in [-0.25, -0.2) is 4.99 Å². The second-order valence-corrected chi connectivity index (χ2v) is 8.18. The molecule has 0 unspecified atom stereocenters. The minimum Gasteiger partial charge on any atom is -0.488 e. The molecule has 0 saturated heterocycles. The van der Waals surface area contributed by atoms with E-state index in [2.05, 4.69) is 27.0 Å². The first kappa shape index (κ1) is 21.6. The van der Waals surface area contributed by atoms with Crippen LogP contribution >= 0.6 is 15.9 Å². The predicted octanol–water partition coefficient (Wildman–Crippen LogP) is 7.76. The van der Waals surface area contributed by atoms with Crippen molar-refractivity contribution < 1.29 is 18.0 Å².